The summed E-state index contributed by atoms with van der Waals surface area (Å²) in [6.07, 6.45) is 4.95. The molecule has 0 bridgehead atoms. The van der Waals surface area contributed by atoms with Crippen LogP contribution in [0.4, 0.5) is 8.78 Å². The van der Waals surface area contributed by atoms with Crippen LogP contribution < -0.4 is 18.9 Å². The van der Waals surface area contributed by atoms with Gasteiger partial charge in [0, 0.05) is 31.9 Å². The molecule has 1 fully saturated rings. The second kappa shape index (κ2) is 14.0. The van der Waals surface area contributed by atoms with E-state index in [2.05, 4.69) is 4.98 Å². The number of pyridine rings is 1. The maximum atomic E-state index is 13.4. The highest BCUT2D eigenvalue weighted by molar-refractivity contribution is 6.35. The molecule has 0 N–H and O–H groups in total. The summed E-state index contributed by atoms with van der Waals surface area (Å²) >= 11 is 12.8. The third-order valence-corrected chi connectivity index (χ3v) is 8.14. The number of esters is 1. The molecule has 0 saturated heterocycles. The number of hydrogen-bond acceptors (Lipinski definition) is 8. The molecule has 43 heavy (non-hydrogen) atoms. The number of hydrogen-bond donors (Lipinski definition) is 0. The third-order valence-electron chi connectivity index (χ3n) is 7.49. The Balaban J connectivity index is 1.37. The number of methoxy groups -OCH3 is 2. The number of nitrogens with zero attached hydrogens (tertiary/aromatic N) is 2. The summed E-state index contributed by atoms with van der Waals surface area (Å²) in [5.41, 5.74) is 3.23. The van der Waals surface area contributed by atoms with Gasteiger partial charge >= 0.3 is 12.6 Å². The first-order valence-electron chi connectivity index (χ1n) is 13.9. The van der Waals surface area contributed by atoms with Crippen molar-refractivity contribution in [1.29, 1.82) is 0 Å². The molecule has 8 nitrogen and oxygen atoms in total. The summed E-state index contributed by atoms with van der Waals surface area (Å²) in [7, 11) is 3.18. The van der Waals surface area contributed by atoms with Gasteiger partial charge in [0.1, 0.15) is 6.10 Å². The number of rotatable bonds is 13. The first-order valence-corrected chi connectivity index (χ1v) is 14.6. The molecule has 1 saturated carbocycles. The smallest absolute Gasteiger partial charge is 0.387 e. The van der Waals surface area contributed by atoms with E-state index in [1.54, 1.807) is 26.4 Å². The van der Waals surface area contributed by atoms with Crippen molar-refractivity contribution in [3.8, 4) is 23.0 Å². The first kappa shape index (κ1) is 31.1. The number of ether oxygens (including phenoxy) is 5. The van der Waals surface area contributed by atoms with Gasteiger partial charge in [0.15, 0.2) is 23.0 Å². The van der Waals surface area contributed by atoms with Gasteiger partial charge in [0.25, 0.3) is 0 Å². The van der Waals surface area contributed by atoms with Crippen LogP contribution in [0.3, 0.4) is 0 Å². The number of carbonyl (C=O) groups excluding carboxylic acids is 1. The Labute approximate surface area is 258 Å². The molecular weight excluding hydrogens is 605 g/mol. The largest absolute Gasteiger partial charge is 0.493 e. The summed E-state index contributed by atoms with van der Waals surface area (Å²) < 4.78 is 53.7. The number of benzene rings is 2. The zero-order valence-corrected chi connectivity index (χ0v) is 25.3. The van der Waals surface area contributed by atoms with Crippen molar-refractivity contribution in [2.45, 2.75) is 44.9 Å². The first-order chi connectivity index (χ1) is 20.7. The summed E-state index contributed by atoms with van der Waals surface area (Å²) in [5, 5.41) is 0.627. The minimum atomic E-state index is -3.02. The molecule has 12 heteroatoms. The zero-order chi connectivity index (χ0) is 30.5. The van der Waals surface area contributed by atoms with Crippen LogP contribution in [0.2, 0.25) is 10.0 Å². The van der Waals surface area contributed by atoms with Crippen LogP contribution in [0.25, 0.3) is 0 Å². The molecule has 0 amide bonds. The Morgan fingerprint density at radius 2 is 1.70 bits per heavy atom. The van der Waals surface area contributed by atoms with Crippen LogP contribution in [0.15, 0.2) is 42.7 Å². The monoisotopic (exact) mass is 636 g/mol. The third kappa shape index (κ3) is 7.99. The summed E-state index contributed by atoms with van der Waals surface area (Å²) in [5.74, 6) is 1.25. The van der Waals surface area contributed by atoms with E-state index in [1.165, 1.54) is 18.5 Å². The number of alkyl halides is 2. The van der Waals surface area contributed by atoms with Crippen LogP contribution in [0, 0.1) is 5.92 Å². The standard InChI is InChI=1S/C31H32Cl2F2N2O6/c1-39-27-9-19-7-8-37(15-21(19)11-28(27)40-2)16-30(38)42-26(12-22-23(32)13-36-14-24(22)33)20-5-6-25(43-31(34)35)29(10-20)41-17-18-3-4-18/h5-6,9-11,13-14,18,26,31H,3-4,7-8,12,15-17H2,1-2H3/t26-/m0/s1. The van der Waals surface area contributed by atoms with E-state index in [9.17, 15) is 13.6 Å². The van der Waals surface area contributed by atoms with Crippen molar-refractivity contribution < 1.29 is 37.3 Å². The summed E-state index contributed by atoms with van der Waals surface area (Å²) in [4.78, 5) is 19.4. The van der Waals surface area contributed by atoms with Gasteiger partial charge in [-0.05, 0) is 71.7 Å². The Kier molecular flexibility index (Phi) is 10.1. The van der Waals surface area contributed by atoms with Crippen molar-refractivity contribution in [2.24, 2.45) is 5.92 Å². The van der Waals surface area contributed by atoms with Crippen LogP contribution in [0.1, 0.15) is 41.2 Å². The van der Waals surface area contributed by atoms with Crippen molar-refractivity contribution in [3.63, 3.8) is 0 Å². The van der Waals surface area contributed by atoms with Crippen molar-refractivity contribution in [3.05, 3.63) is 75.0 Å². The fourth-order valence-corrected chi connectivity index (χ4v) is 5.54. The van der Waals surface area contributed by atoms with Crippen LogP contribution in [0.5, 0.6) is 23.0 Å². The van der Waals surface area contributed by atoms with Crippen molar-refractivity contribution in [1.82, 2.24) is 9.88 Å². The molecular formula is C31H32Cl2F2N2O6. The SMILES string of the molecule is COc1cc2c(cc1OC)CN(CC(=O)O[C@@H](Cc1c(Cl)cncc1Cl)c1ccc(OC(F)F)c(OCC3CC3)c1)CC2. The molecule has 1 aliphatic heterocycles. The highest BCUT2D eigenvalue weighted by Crippen LogP contribution is 2.38. The lowest BCUT2D eigenvalue weighted by atomic mass is 9.99. The second-order valence-corrected chi connectivity index (χ2v) is 11.4. The van der Waals surface area contributed by atoms with E-state index in [1.807, 2.05) is 17.0 Å². The molecule has 230 valence electrons. The Morgan fingerprint density at radius 1 is 1.00 bits per heavy atom. The van der Waals surface area contributed by atoms with Gasteiger partial charge in [0.2, 0.25) is 0 Å². The maximum absolute atomic E-state index is 13.4. The predicted octanol–water partition coefficient (Wildman–Crippen LogP) is 6.68. The van der Waals surface area contributed by atoms with Gasteiger partial charge in [-0.1, -0.05) is 29.3 Å². The topological polar surface area (TPSA) is 79.4 Å². The Morgan fingerprint density at radius 3 is 2.35 bits per heavy atom. The number of carbonyl (C=O) groups is 1. The summed E-state index contributed by atoms with van der Waals surface area (Å²) in [6, 6.07) is 8.42. The lowest BCUT2D eigenvalue weighted by molar-refractivity contribution is -0.151. The van der Waals surface area contributed by atoms with Gasteiger partial charge in [-0.2, -0.15) is 8.78 Å². The fourth-order valence-electron chi connectivity index (χ4n) is 5.02. The lowest BCUT2D eigenvalue weighted by Crippen LogP contribution is -2.36. The molecule has 0 unspecified atom stereocenters. The lowest BCUT2D eigenvalue weighted by Gasteiger charge is -2.29. The predicted molar refractivity (Wildman–Crippen MR) is 157 cm³/mol. The van der Waals surface area contributed by atoms with Crippen molar-refractivity contribution >= 4 is 29.2 Å². The highest BCUT2D eigenvalue weighted by Gasteiger charge is 2.27. The molecule has 0 radical (unpaired) electrons. The quantitative estimate of drug-likeness (QED) is 0.192. The number of aromatic nitrogens is 1. The van der Waals surface area contributed by atoms with E-state index in [-0.39, 0.29) is 24.5 Å². The number of halogens is 4. The zero-order valence-electron chi connectivity index (χ0n) is 23.8. The molecule has 1 aliphatic carbocycles. The molecule has 5 rings (SSSR count). The molecule has 1 atom stereocenters. The van der Waals surface area contributed by atoms with Crippen LogP contribution >= 0.6 is 23.2 Å². The summed E-state index contributed by atoms with van der Waals surface area (Å²) in [6.45, 7) is -1.45. The fraction of sp³-hybridized carbons (Fsp3) is 0.419. The van der Waals surface area contributed by atoms with Gasteiger partial charge in [-0.25, -0.2) is 0 Å². The molecule has 3 aromatic rings. The van der Waals surface area contributed by atoms with E-state index in [0.717, 1.165) is 30.4 Å². The maximum Gasteiger partial charge on any atom is 0.387 e. The molecule has 1 aromatic heterocycles. The van der Waals surface area contributed by atoms with E-state index in [0.29, 0.717) is 58.3 Å². The van der Waals surface area contributed by atoms with E-state index >= 15 is 0 Å². The second-order valence-electron chi connectivity index (χ2n) is 10.5. The van der Waals surface area contributed by atoms with E-state index < -0.39 is 18.7 Å². The molecule has 2 heterocycles. The molecule has 2 aliphatic rings. The Hall–Kier alpha value is -3.34. The van der Waals surface area contributed by atoms with Gasteiger partial charge in [-0.3, -0.25) is 14.7 Å². The minimum Gasteiger partial charge on any atom is -0.493 e. The van der Waals surface area contributed by atoms with Gasteiger partial charge < -0.3 is 23.7 Å². The van der Waals surface area contributed by atoms with Crippen molar-refractivity contribution in [2.75, 3.05) is 33.9 Å². The average Bonchev–Trinajstić information content (AvgIpc) is 3.81. The normalized spacial score (nSPS) is 15.5. The Bertz CT molecular complexity index is 1440. The molecule has 0 spiro atoms. The average molecular weight is 638 g/mol. The van der Waals surface area contributed by atoms with Crippen LogP contribution in [-0.4, -0.2) is 56.4 Å². The molecule has 2 aromatic carbocycles. The van der Waals surface area contributed by atoms with Gasteiger partial charge in [0.05, 0.1) is 37.4 Å². The number of fused-ring (bicyclic) bond motifs is 1. The highest BCUT2D eigenvalue weighted by atomic mass is 35.5. The van der Waals surface area contributed by atoms with Crippen LogP contribution in [-0.2, 0) is 28.9 Å². The van der Waals surface area contributed by atoms with E-state index in [4.69, 9.17) is 46.9 Å². The van der Waals surface area contributed by atoms with Gasteiger partial charge in [-0.15, -0.1) is 0 Å². The minimum absolute atomic E-state index is 0.0275.